The SMILES string of the molecule is CCCc1ccc(CC(=O)O)cc1Br. The summed E-state index contributed by atoms with van der Waals surface area (Å²) < 4.78 is 1.01. The highest BCUT2D eigenvalue weighted by Gasteiger charge is 2.03. The van der Waals surface area contributed by atoms with Crippen LogP contribution in [0.2, 0.25) is 0 Å². The monoisotopic (exact) mass is 256 g/mol. The standard InChI is InChI=1S/C11H13BrO2/c1-2-3-9-5-4-8(6-10(9)12)7-11(13)14/h4-6H,2-3,7H2,1H3,(H,13,14). The highest BCUT2D eigenvalue weighted by Crippen LogP contribution is 2.20. The second kappa shape index (κ2) is 5.15. The average Bonchev–Trinajstić information content (AvgIpc) is 2.09. The molecule has 0 aliphatic carbocycles. The number of carbonyl (C=O) groups is 1. The molecule has 1 rings (SSSR count). The first-order valence-corrected chi connectivity index (χ1v) is 5.42. The summed E-state index contributed by atoms with van der Waals surface area (Å²) in [4.78, 5) is 10.5. The number of benzene rings is 1. The number of carboxylic acid groups (broad SMARTS) is 1. The molecule has 0 saturated carbocycles. The van der Waals surface area contributed by atoms with E-state index in [0.29, 0.717) is 0 Å². The maximum absolute atomic E-state index is 10.5. The molecule has 0 aliphatic rings. The Kier molecular flexibility index (Phi) is 4.14. The predicted octanol–water partition coefficient (Wildman–Crippen LogP) is 3.03. The summed E-state index contributed by atoms with van der Waals surface area (Å²) in [5.41, 5.74) is 2.07. The van der Waals surface area contributed by atoms with Crippen molar-refractivity contribution in [3.8, 4) is 0 Å². The Balaban J connectivity index is 2.83. The number of rotatable bonds is 4. The number of hydrogen-bond donors (Lipinski definition) is 1. The predicted molar refractivity (Wildman–Crippen MR) is 59.5 cm³/mol. The Hall–Kier alpha value is -0.830. The minimum Gasteiger partial charge on any atom is -0.481 e. The highest BCUT2D eigenvalue weighted by atomic mass is 79.9. The summed E-state index contributed by atoms with van der Waals surface area (Å²) in [5, 5.41) is 8.62. The van der Waals surface area contributed by atoms with Crippen LogP contribution in [0.4, 0.5) is 0 Å². The van der Waals surface area contributed by atoms with E-state index in [1.165, 1.54) is 5.56 Å². The molecule has 1 aromatic carbocycles. The molecule has 0 saturated heterocycles. The first kappa shape index (κ1) is 11.2. The average molecular weight is 257 g/mol. The molecule has 0 amide bonds. The van der Waals surface area contributed by atoms with Crippen LogP contribution in [-0.2, 0) is 17.6 Å². The Bertz CT molecular complexity index is 334. The largest absolute Gasteiger partial charge is 0.481 e. The Morgan fingerprint density at radius 1 is 1.50 bits per heavy atom. The summed E-state index contributed by atoms with van der Waals surface area (Å²) >= 11 is 3.45. The molecule has 0 atom stereocenters. The number of halogens is 1. The van der Waals surface area contributed by atoms with Crippen LogP contribution in [-0.4, -0.2) is 11.1 Å². The molecular weight excluding hydrogens is 244 g/mol. The number of hydrogen-bond acceptors (Lipinski definition) is 1. The lowest BCUT2D eigenvalue weighted by atomic mass is 10.1. The molecule has 0 radical (unpaired) electrons. The van der Waals surface area contributed by atoms with Crippen LogP contribution in [0.1, 0.15) is 24.5 Å². The zero-order chi connectivity index (χ0) is 10.6. The molecule has 1 aromatic rings. The summed E-state index contributed by atoms with van der Waals surface area (Å²) in [6.07, 6.45) is 2.20. The van der Waals surface area contributed by atoms with Crippen molar-refractivity contribution in [1.29, 1.82) is 0 Å². The van der Waals surface area contributed by atoms with E-state index in [2.05, 4.69) is 22.9 Å². The van der Waals surface area contributed by atoms with Gasteiger partial charge < -0.3 is 5.11 Å². The van der Waals surface area contributed by atoms with Crippen LogP contribution in [0.3, 0.4) is 0 Å². The topological polar surface area (TPSA) is 37.3 Å². The van der Waals surface area contributed by atoms with Gasteiger partial charge in [-0.3, -0.25) is 4.79 Å². The van der Waals surface area contributed by atoms with Gasteiger partial charge in [0.05, 0.1) is 6.42 Å². The smallest absolute Gasteiger partial charge is 0.307 e. The van der Waals surface area contributed by atoms with Crippen molar-refractivity contribution in [2.24, 2.45) is 0 Å². The van der Waals surface area contributed by atoms with Gasteiger partial charge in [0.2, 0.25) is 0 Å². The van der Waals surface area contributed by atoms with Crippen LogP contribution in [0.15, 0.2) is 22.7 Å². The van der Waals surface area contributed by atoms with Crippen molar-refractivity contribution in [3.63, 3.8) is 0 Å². The molecule has 0 fully saturated rings. The van der Waals surface area contributed by atoms with Crippen molar-refractivity contribution >= 4 is 21.9 Å². The molecule has 76 valence electrons. The second-order valence-corrected chi connectivity index (χ2v) is 4.10. The lowest BCUT2D eigenvalue weighted by Gasteiger charge is -2.04. The second-order valence-electron chi connectivity index (χ2n) is 3.25. The van der Waals surface area contributed by atoms with E-state index in [0.717, 1.165) is 22.9 Å². The third-order valence-electron chi connectivity index (χ3n) is 1.99. The Labute approximate surface area is 92.1 Å². The third kappa shape index (κ3) is 3.14. The van der Waals surface area contributed by atoms with Gasteiger partial charge in [0.15, 0.2) is 0 Å². The van der Waals surface area contributed by atoms with Crippen molar-refractivity contribution in [3.05, 3.63) is 33.8 Å². The van der Waals surface area contributed by atoms with Gasteiger partial charge in [0.25, 0.3) is 0 Å². The first-order chi connectivity index (χ1) is 6.63. The van der Waals surface area contributed by atoms with E-state index in [-0.39, 0.29) is 6.42 Å². The van der Waals surface area contributed by atoms with Crippen LogP contribution in [0, 0.1) is 0 Å². The zero-order valence-corrected chi connectivity index (χ0v) is 9.67. The summed E-state index contributed by atoms with van der Waals surface area (Å²) in [7, 11) is 0. The van der Waals surface area contributed by atoms with Gasteiger partial charge in [-0.15, -0.1) is 0 Å². The van der Waals surface area contributed by atoms with Gasteiger partial charge in [-0.25, -0.2) is 0 Å². The van der Waals surface area contributed by atoms with E-state index in [1.54, 1.807) is 0 Å². The maximum Gasteiger partial charge on any atom is 0.307 e. The fourth-order valence-corrected chi connectivity index (χ4v) is 1.97. The van der Waals surface area contributed by atoms with E-state index in [9.17, 15) is 4.79 Å². The molecule has 1 N–H and O–H groups in total. The quantitative estimate of drug-likeness (QED) is 0.900. The number of aliphatic carboxylic acids is 1. The first-order valence-electron chi connectivity index (χ1n) is 4.62. The number of aryl methyl sites for hydroxylation is 1. The number of carboxylic acids is 1. The zero-order valence-electron chi connectivity index (χ0n) is 8.09. The Morgan fingerprint density at radius 2 is 2.21 bits per heavy atom. The highest BCUT2D eigenvalue weighted by molar-refractivity contribution is 9.10. The molecule has 0 unspecified atom stereocenters. The fraction of sp³-hybridized carbons (Fsp3) is 0.364. The van der Waals surface area contributed by atoms with Gasteiger partial charge in [-0.05, 0) is 23.6 Å². The van der Waals surface area contributed by atoms with Gasteiger partial charge >= 0.3 is 5.97 Å². The molecule has 0 bridgehead atoms. The summed E-state index contributed by atoms with van der Waals surface area (Å²) in [5.74, 6) is -0.792. The minimum atomic E-state index is -0.792. The van der Waals surface area contributed by atoms with Crippen molar-refractivity contribution < 1.29 is 9.90 Å². The third-order valence-corrected chi connectivity index (χ3v) is 2.73. The lowest BCUT2D eigenvalue weighted by molar-refractivity contribution is -0.136. The van der Waals surface area contributed by atoms with Crippen LogP contribution in [0.25, 0.3) is 0 Å². The lowest BCUT2D eigenvalue weighted by Crippen LogP contribution is -2.00. The maximum atomic E-state index is 10.5. The van der Waals surface area contributed by atoms with Gasteiger partial charge in [0.1, 0.15) is 0 Å². The van der Waals surface area contributed by atoms with Crippen LogP contribution in [0.5, 0.6) is 0 Å². The van der Waals surface area contributed by atoms with Crippen molar-refractivity contribution in [2.45, 2.75) is 26.2 Å². The molecule has 0 spiro atoms. The summed E-state index contributed by atoms with van der Waals surface area (Å²) in [6, 6.07) is 5.76. The summed E-state index contributed by atoms with van der Waals surface area (Å²) in [6.45, 7) is 2.12. The molecule has 0 heterocycles. The van der Waals surface area contributed by atoms with Gasteiger partial charge in [0, 0.05) is 4.47 Å². The van der Waals surface area contributed by atoms with E-state index in [1.807, 2.05) is 18.2 Å². The fourth-order valence-electron chi connectivity index (χ4n) is 1.35. The van der Waals surface area contributed by atoms with Gasteiger partial charge in [-0.1, -0.05) is 41.4 Å². The van der Waals surface area contributed by atoms with Crippen LogP contribution >= 0.6 is 15.9 Å². The molecule has 0 aromatic heterocycles. The molecule has 14 heavy (non-hydrogen) atoms. The van der Waals surface area contributed by atoms with E-state index < -0.39 is 5.97 Å². The van der Waals surface area contributed by atoms with E-state index in [4.69, 9.17) is 5.11 Å². The van der Waals surface area contributed by atoms with Crippen molar-refractivity contribution in [1.82, 2.24) is 0 Å². The minimum absolute atomic E-state index is 0.0883. The Morgan fingerprint density at radius 3 is 2.71 bits per heavy atom. The van der Waals surface area contributed by atoms with E-state index >= 15 is 0 Å². The molecular formula is C11H13BrO2. The van der Waals surface area contributed by atoms with Crippen molar-refractivity contribution in [2.75, 3.05) is 0 Å². The normalized spacial score (nSPS) is 10.1. The molecule has 3 heteroatoms. The molecule has 2 nitrogen and oxygen atoms in total. The van der Waals surface area contributed by atoms with Gasteiger partial charge in [-0.2, -0.15) is 0 Å². The molecule has 0 aliphatic heterocycles. The van der Waals surface area contributed by atoms with Crippen LogP contribution < -0.4 is 0 Å².